The molecule has 1 saturated carbocycles. The predicted octanol–water partition coefficient (Wildman–Crippen LogP) is 2.85. The van der Waals surface area contributed by atoms with E-state index in [0.29, 0.717) is 0 Å². The van der Waals surface area contributed by atoms with Gasteiger partial charge in [-0.05, 0) is 56.5 Å². The van der Waals surface area contributed by atoms with Crippen molar-refractivity contribution in [2.75, 3.05) is 20.7 Å². The van der Waals surface area contributed by atoms with Crippen molar-refractivity contribution in [3.05, 3.63) is 29.8 Å². The van der Waals surface area contributed by atoms with Crippen molar-refractivity contribution >= 4 is 5.78 Å². The van der Waals surface area contributed by atoms with Gasteiger partial charge in [0.05, 0.1) is 13.2 Å². The molecular formula is C16H23NO2. The summed E-state index contributed by atoms with van der Waals surface area (Å²) in [5.41, 5.74) is 0.754. The van der Waals surface area contributed by atoms with Crippen LogP contribution >= 0.6 is 0 Å². The highest BCUT2D eigenvalue weighted by Crippen LogP contribution is 2.38. The van der Waals surface area contributed by atoms with Crippen LogP contribution in [0.15, 0.2) is 24.3 Å². The van der Waals surface area contributed by atoms with E-state index in [9.17, 15) is 4.79 Å². The van der Waals surface area contributed by atoms with Crippen molar-refractivity contribution in [3.8, 4) is 5.75 Å². The second kappa shape index (κ2) is 5.74. The number of methoxy groups -OCH3 is 1. The van der Waals surface area contributed by atoms with Crippen LogP contribution in [0.1, 0.15) is 30.6 Å². The molecule has 1 aliphatic rings. The minimum absolute atomic E-state index is 0.0683. The Kier molecular flexibility index (Phi) is 4.25. The molecule has 3 unspecified atom stereocenters. The van der Waals surface area contributed by atoms with Crippen molar-refractivity contribution in [1.29, 1.82) is 0 Å². The van der Waals surface area contributed by atoms with Gasteiger partial charge in [0.15, 0.2) is 5.78 Å². The first-order chi connectivity index (χ1) is 9.02. The van der Waals surface area contributed by atoms with Gasteiger partial charge in [-0.2, -0.15) is 0 Å². The van der Waals surface area contributed by atoms with Crippen LogP contribution in [0.5, 0.6) is 5.75 Å². The van der Waals surface area contributed by atoms with Crippen molar-refractivity contribution in [2.45, 2.75) is 26.3 Å². The van der Waals surface area contributed by atoms with E-state index in [0.717, 1.165) is 29.7 Å². The fraction of sp³-hybridized carbons (Fsp3) is 0.562. The first-order valence-electron chi connectivity index (χ1n) is 6.91. The highest BCUT2D eigenvalue weighted by molar-refractivity contribution is 5.99. The third-order valence-corrected chi connectivity index (χ3v) is 4.21. The van der Waals surface area contributed by atoms with Gasteiger partial charge in [-0.15, -0.1) is 0 Å². The number of rotatable bonds is 6. The maximum Gasteiger partial charge on any atom is 0.179 e. The number of benzene rings is 1. The molecule has 0 bridgehead atoms. The molecule has 0 heterocycles. The Bertz CT molecular complexity index is 441. The van der Waals surface area contributed by atoms with Gasteiger partial charge in [0.25, 0.3) is 0 Å². The Labute approximate surface area is 115 Å². The predicted molar refractivity (Wildman–Crippen MR) is 76.7 cm³/mol. The Hall–Kier alpha value is -1.35. The molecule has 1 fully saturated rings. The van der Waals surface area contributed by atoms with Crippen LogP contribution < -0.4 is 4.74 Å². The summed E-state index contributed by atoms with van der Waals surface area (Å²) in [6.45, 7) is 5.28. The zero-order valence-corrected chi connectivity index (χ0v) is 12.2. The Morgan fingerprint density at radius 2 is 2.00 bits per heavy atom. The summed E-state index contributed by atoms with van der Waals surface area (Å²) >= 11 is 0. The largest absolute Gasteiger partial charge is 0.497 e. The highest BCUT2D eigenvalue weighted by atomic mass is 16.5. The zero-order chi connectivity index (χ0) is 14.0. The summed E-state index contributed by atoms with van der Waals surface area (Å²) < 4.78 is 5.11. The van der Waals surface area contributed by atoms with Crippen LogP contribution in [0.3, 0.4) is 0 Å². The molecule has 3 nitrogen and oxygen atoms in total. The minimum Gasteiger partial charge on any atom is -0.497 e. The fourth-order valence-electron chi connectivity index (χ4n) is 2.38. The molecule has 1 aromatic rings. The minimum atomic E-state index is -0.0683. The lowest BCUT2D eigenvalue weighted by molar-refractivity contribution is 0.0863. The van der Waals surface area contributed by atoms with Crippen molar-refractivity contribution in [2.24, 2.45) is 11.8 Å². The molecule has 0 aliphatic heterocycles. The van der Waals surface area contributed by atoms with Crippen molar-refractivity contribution in [3.63, 3.8) is 0 Å². The molecule has 19 heavy (non-hydrogen) atoms. The number of likely N-dealkylation sites (N-methyl/N-ethyl adjacent to an activating group) is 1. The van der Waals surface area contributed by atoms with E-state index in [1.165, 1.54) is 6.42 Å². The zero-order valence-electron chi connectivity index (χ0n) is 12.2. The van der Waals surface area contributed by atoms with Gasteiger partial charge in [0.2, 0.25) is 0 Å². The number of hydrogen-bond acceptors (Lipinski definition) is 3. The number of nitrogens with zero attached hydrogens (tertiary/aromatic N) is 1. The van der Waals surface area contributed by atoms with E-state index in [1.54, 1.807) is 7.11 Å². The molecule has 0 saturated heterocycles. The third-order valence-electron chi connectivity index (χ3n) is 4.21. The smallest absolute Gasteiger partial charge is 0.179 e. The number of ketones is 1. The number of carbonyl (C=O) groups is 1. The van der Waals surface area contributed by atoms with Gasteiger partial charge < -0.3 is 4.74 Å². The van der Waals surface area contributed by atoms with E-state index in [-0.39, 0.29) is 11.8 Å². The number of Topliss-reactive ketones (excluding diaryl/α,β-unsaturated/α-hetero) is 1. The topological polar surface area (TPSA) is 29.5 Å². The van der Waals surface area contributed by atoms with Gasteiger partial charge in [-0.3, -0.25) is 9.69 Å². The molecular weight excluding hydrogens is 238 g/mol. The first kappa shape index (κ1) is 14.1. The highest BCUT2D eigenvalue weighted by Gasteiger charge is 2.34. The van der Waals surface area contributed by atoms with Crippen molar-refractivity contribution in [1.82, 2.24) is 4.90 Å². The van der Waals surface area contributed by atoms with E-state index in [4.69, 9.17) is 4.74 Å². The molecule has 0 N–H and O–H groups in total. The standard InChI is InChI=1S/C16H23NO2/c1-11-9-14(11)10-17(3)12(2)16(18)13-5-7-15(19-4)8-6-13/h5-8,11-12,14H,9-10H2,1-4H3. The lowest BCUT2D eigenvalue weighted by atomic mass is 10.0. The second-order valence-corrected chi connectivity index (χ2v) is 5.68. The molecule has 3 atom stereocenters. The number of ether oxygens (including phenoxy) is 1. The Morgan fingerprint density at radius 3 is 2.47 bits per heavy atom. The van der Waals surface area contributed by atoms with E-state index < -0.39 is 0 Å². The lowest BCUT2D eigenvalue weighted by Crippen LogP contribution is -2.37. The molecule has 0 amide bonds. The summed E-state index contributed by atoms with van der Waals surface area (Å²) in [7, 11) is 3.67. The molecule has 0 spiro atoms. The van der Waals surface area contributed by atoms with E-state index in [1.807, 2.05) is 38.2 Å². The van der Waals surface area contributed by atoms with E-state index >= 15 is 0 Å². The van der Waals surface area contributed by atoms with Gasteiger partial charge >= 0.3 is 0 Å². The van der Waals surface area contributed by atoms with Crippen LogP contribution in [-0.4, -0.2) is 37.4 Å². The Balaban J connectivity index is 1.96. The lowest BCUT2D eigenvalue weighted by Gasteiger charge is -2.23. The molecule has 104 valence electrons. The van der Waals surface area contributed by atoms with Crippen LogP contribution in [0.25, 0.3) is 0 Å². The van der Waals surface area contributed by atoms with Crippen LogP contribution in [-0.2, 0) is 0 Å². The second-order valence-electron chi connectivity index (χ2n) is 5.68. The van der Waals surface area contributed by atoms with Gasteiger partial charge in [0, 0.05) is 12.1 Å². The van der Waals surface area contributed by atoms with Crippen LogP contribution in [0, 0.1) is 11.8 Å². The normalized spacial score (nSPS) is 23.2. The molecule has 1 aliphatic carbocycles. The molecule has 3 heteroatoms. The van der Waals surface area contributed by atoms with Gasteiger partial charge in [0.1, 0.15) is 5.75 Å². The number of hydrogen-bond donors (Lipinski definition) is 0. The molecule has 0 aromatic heterocycles. The third kappa shape index (κ3) is 3.35. The molecule has 0 radical (unpaired) electrons. The summed E-state index contributed by atoms with van der Waals surface area (Å²) in [6.07, 6.45) is 1.30. The monoisotopic (exact) mass is 261 g/mol. The van der Waals surface area contributed by atoms with Crippen LogP contribution in [0.2, 0.25) is 0 Å². The molecule has 1 aromatic carbocycles. The Morgan fingerprint density at radius 1 is 1.42 bits per heavy atom. The van der Waals surface area contributed by atoms with Crippen LogP contribution in [0.4, 0.5) is 0 Å². The first-order valence-corrected chi connectivity index (χ1v) is 6.91. The van der Waals surface area contributed by atoms with Gasteiger partial charge in [-0.25, -0.2) is 0 Å². The summed E-state index contributed by atoms with van der Waals surface area (Å²) in [5, 5.41) is 0. The summed E-state index contributed by atoms with van der Waals surface area (Å²) in [4.78, 5) is 14.6. The average molecular weight is 261 g/mol. The molecule has 2 rings (SSSR count). The fourth-order valence-corrected chi connectivity index (χ4v) is 2.38. The summed E-state index contributed by atoms with van der Waals surface area (Å²) in [5.74, 6) is 2.56. The number of carbonyl (C=O) groups excluding carboxylic acids is 1. The van der Waals surface area contributed by atoms with Crippen molar-refractivity contribution < 1.29 is 9.53 Å². The average Bonchev–Trinajstić information content (AvgIpc) is 3.12. The SMILES string of the molecule is COc1ccc(C(=O)C(C)N(C)CC2CC2C)cc1. The van der Waals surface area contributed by atoms with Gasteiger partial charge in [-0.1, -0.05) is 6.92 Å². The maximum absolute atomic E-state index is 12.4. The summed E-state index contributed by atoms with van der Waals surface area (Å²) in [6, 6.07) is 7.28. The quantitative estimate of drug-likeness (QED) is 0.737. The maximum atomic E-state index is 12.4. The van der Waals surface area contributed by atoms with E-state index in [2.05, 4.69) is 11.8 Å².